The number of methoxy groups -OCH3 is 1. The van der Waals surface area contributed by atoms with Crippen LogP contribution >= 0.6 is 0 Å². The number of benzene rings is 1. The number of carbonyl (C=O) groups excluding carboxylic acids is 1. The average molecular weight is 241 g/mol. The molecule has 0 aliphatic carbocycles. The summed E-state index contributed by atoms with van der Waals surface area (Å²) in [5.74, 6) is 0.782. The Morgan fingerprint density at radius 2 is 2.00 bits per heavy atom. The fourth-order valence-electron chi connectivity index (χ4n) is 1.76. The van der Waals surface area contributed by atoms with Crippen molar-refractivity contribution in [3.05, 3.63) is 59.4 Å². The summed E-state index contributed by atoms with van der Waals surface area (Å²) < 4.78 is 5.13. The Balaban J connectivity index is 2.16. The van der Waals surface area contributed by atoms with Crippen LogP contribution in [-0.2, 0) is 6.42 Å². The lowest BCUT2D eigenvalue weighted by Gasteiger charge is -2.04. The van der Waals surface area contributed by atoms with Crippen LogP contribution in [-0.4, -0.2) is 17.9 Å². The number of aryl methyl sites for hydroxylation is 1. The number of rotatable bonds is 4. The molecule has 2 aromatic rings. The van der Waals surface area contributed by atoms with Gasteiger partial charge in [0, 0.05) is 12.1 Å². The van der Waals surface area contributed by atoms with Gasteiger partial charge in [-0.2, -0.15) is 0 Å². The molecular weight excluding hydrogens is 226 g/mol. The van der Waals surface area contributed by atoms with Crippen molar-refractivity contribution in [2.24, 2.45) is 0 Å². The molecule has 0 aliphatic heterocycles. The number of hydrogen-bond donors (Lipinski definition) is 0. The molecule has 92 valence electrons. The monoisotopic (exact) mass is 241 g/mol. The number of pyridine rings is 1. The second-order valence-electron chi connectivity index (χ2n) is 4.12. The molecule has 0 radical (unpaired) electrons. The van der Waals surface area contributed by atoms with Crippen LogP contribution in [0.5, 0.6) is 5.75 Å². The van der Waals surface area contributed by atoms with E-state index < -0.39 is 0 Å². The third kappa shape index (κ3) is 2.94. The number of nitrogens with zero attached hydrogens (tertiary/aromatic N) is 1. The van der Waals surface area contributed by atoms with Gasteiger partial charge in [0.2, 0.25) is 0 Å². The molecule has 0 aliphatic rings. The van der Waals surface area contributed by atoms with Crippen LogP contribution in [0.25, 0.3) is 0 Å². The molecule has 0 saturated heterocycles. The Morgan fingerprint density at radius 3 is 2.72 bits per heavy atom. The third-order valence-corrected chi connectivity index (χ3v) is 2.67. The van der Waals surface area contributed by atoms with Crippen molar-refractivity contribution in [3.63, 3.8) is 0 Å². The highest BCUT2D eigenvalue weighted by Crippen LogP contribution is 2.14. The lowest BCUT2D eigenvalue weighted by Crippen LogP contribution is -2.06. The number of ether oxygens (including phenoxy) is 1. The second-order valence-corrected chi connectivity index (χ2v) is 4.12. The summed E-state index contributed by atoms with van der Waals surface area (Å²) in [4.78, 5) is 16.3. The minimum absolute atomic E-state index is 0.0203. The maximum Gasteiger partial charge on any atom is 0.185 e. The first-order valence-electron chi connectivity index (χ1n) is 5.79. The standard InChI is InChI=1S/C15H15NO2/c1-11-5-3-8-14(16-11)15(17)10-12-6-4-7-13(9-12)18-2/h3-9H,10H2,1-2H3. The van der Waals surface area contributed by atoms with Gasteiger partial charge in [0.05, 0.1) is 7.11 Å². The van der Waals surface area contributed by atoms with Gasteiger partial charge in [-0.1, -0.05) is 18.2 Å². The molecule has 0 atom stereocenters. The van der Waals surface area contributed by atoms with E-state index >= 15 is 0 Å². The fraction of sp³-hybridized carbons (Fsp3) is 0.200. The molecule has 2 rings (SSSR count). The van der Waals surface area contributed by atoms with Gasteiger partial charge in [-0.3, -0.25) is 9.78 Å². The largest absolute Gasteiger partial charge is 0.497 e. The normalized spacial score (nSPS) is 10.1. The van der Waals surface area contributed by atoms with Gasteiger partial charge in [-0.25, -0.2) is 0 Å². The number of Topliss-reactive ketones (excluding diaryl/α,β-unsaturated/α-hetero) is 1. The zero-order valence-electron chi connectivity index (χ0n) is 10.5. The van der Waals surface area contributed by atoms with Crippen LogP contribution < -0.4 is 4.74 Å². The zero-order chi connectivity index (χ0) is 13.0. The maximum atomic E-state index is 12.1. The third-order valence-electron chi connectivity index (χ3n) is 2.67. The van der Waals surface area contributed by atoms with E-state index in [1.165, 1.54) is 0 Å². The maximum absolute atomic E-state index is 12.1. The van der Waals surface area contributed by atoms with Crippen LogP contribution in [0, 0.1) is 6.92 Å². The van der Waals surface area contributed by atoms with E-state index in [0.717, 1.165) is 17.0 Å². The van der Waals surface area contributed by atoms with Crippen LogP contribution in [0.2, 0.25) is 0 Å². The number of ketones is 1. The van der Waals surface area contributed by atoms with Gasteiger partial charge >= 0.3 is 0 Å². The molecule has 1 heterocycles. The molecule has 0 unspecified atom stereocenters. The Bertz CT molecular complexity index is 564. The summed E-state index contributed by atoms with van der Waals surface area (Å²) in [7, 11) is 1.61. The minimum atomic E-state index is 0.0203. The summed E-state index contributed by atoms with van der Waals surface area (Å²) >= 11 is 0. The first-order valence-corrected chi connectivity index (χ1v) is 5.79. The Labute approximate surface area is 106 Å². The molecular formula is C15H15NO2. The van der Waals surface area contributed by atoms with Gasteiger partial charge in [0.1, 0.15) is 11.4 Å². The first-order chi connectivity index (χ1) is 8.69. The molecule has 0 fully saturated rings. The molecule has 0 N–H and O–H groups in total. The van der Waals surface area contributed by atoms with Gasteiger partial charge in [0.15, 0.2) is 5.78 Å². The van der Waals surface area contributed by atoms with Crippen molar-refractivity contribution < 1.29 is 9.53 Å². The van der Waals surface area contributed by atoms with Crippen LogP contribution in [0.15, 0.2) is 42.5 Å². The van der Waals surface area contributed by atoms with E-state index in [0.29, 0.717) is 12.1 Å². The number of hydrogen-bond acceptors (Lipinski definition) is 3. The van der Waals surface area contributed by atoms with Crippen molar-refractivity contribution in [2.45, 2.75) is 13.3 Å². The summed E-state index contributed by atoms with van der Waals surface area (Å²) in [5, 5.41) is 0. The number of carbonyl (C=O) groups is 1. The molecule has 3 nitrogen and oxygen atoms in total. The molecule has 0 bridgehead atoms. The highest BCUT2D eigenvalue weighted by molar-refractivity contribution is 5.95. The summed E-state index contributed by atoms with van der Waals surface area (Å²) in [5.41, 5.74) is 2.30. The first kappa shape index (κ1) is 12.3. The summed E-state index contributed by atoms with van der Waals surface area (Å²) in [6.45, 7) is 1.88. The van der Waals surface area contributed by atoms with E-state index in [1.54, 1.807) is 13.2 Å². The fourth-order valence-corrected chi connectivity index (χ4v) is 1.76. The molecule has 3 heteroatoms. The Hall–Kier alpha value is -2.16. The molecule has 0 saturated carbocycles. The zero-order valence-corrected chi connectivity index (χ0v) is 10.5. The second kappa shape index (κ2) is 5.45. The highest BCUT2D eigenvalue weighted by atomic mass is 16.5. The lowest BCUT2D eigenvalue weighted by atomic mass is 10.1. The van der Waals surface area contributed by atoms with Crippen LogP contribution in [0.1, 0.15) is 21.7 Å². The van der Waals surface area contributed by atoms with Crippen LogP contribution in [0.3, 0.4) is 0 Å². The van der Waals surface area contributed by atoms with Crippen molar-refractivity contribution in [1.82, 2.24) is 4.98 Å². The van der Waals surface area contributed by atoms with Crippen molar-refractivity contribution in [1.29, 1.82) is 0 Å². The predicted molar refractivity (Wildman–Crippen MR) is 70.0 cm³/mol. The quantitative estimate of drug-likeness (QED) is 0.773. The van der Waals surface area contributed by atoms with Gasteiger partial charge < -0.3 is 4.74 Å². The molecule has 0 spiro atoms. The SMILES string of the molecule is COc1cccc(CC(=O)c2cccc(C)n2)c1. The smallest absolute Gasteiger partial charge is 0.185 e. The molecule has 1 aromatic heterocycles. The van der Waals surface area contributed by atoms with Gasteiger partial charge in [-0.05, 0) is 36.8 Å². The van der Waals surface area contributed by atoms with E-state index in [4.69, 9.17) is 4.74 Å². The van der Waals surface area contributed by atoms with Gasteiger partial charge in [-0.15, -0.1) is 0 Å². The van der Waals surface area contributed by atoms with Crippen molar-refractivity contribution >= 4 is 5.78 Å². The summed E-state index contributed by atoms with van der Waals surface area (Å²) in [6, 6.07) is 13.0. The van der Waals surface area contributed by atoms with Crippen molar-refractivity contribution in [2.75, 3.05) is 7.11 Å². The molecule has 18 heavy (non-hydrogen) atoms. The number of aromatic nitrogens is 1. The average Bonchev–Trinajstić information content (AvgIpc) is 2.39. The lowest BCUT2D eigenvalue weighted by molar-refractivity contribution is 0.0988. The predicted octanol–water partition coefficient (Wildman–Crippen LogP) is 2.82. The topological polar surface area (TPSA) is 39.2 Å². The van der Waals surface area contributed by atoms with Crippen molar-refractivity contribution in [3.8, 4) is 5.75 Å². The Morgan fingerprint density at radius 1 is 1.22 bits per heavy atom. The summed E-state index contributed by atoms with van der Waals surface area (Å²) in [6.07, 6.45) is 0.341. The molecule has 0 amide bonds. The van der Waals surface area contributed by atoms with Crippen LogP contribution in [0.4, 0.5) is 0 Å². The van der Waals surface area contributed by atoms with E-state index in [-0.39, 0.29) is 5.78 Å². The van der Waals surface area contributed by atoms with Gasteiger partial charge in [0.25, 0.3) is 0 Å². The van der Waals surface area contributed by atoms with E-state index in [2.05, 4.69) is 4.98 Å². The Kier molecular flexibility index (Phi) is 3.72. The van der Waals surface area contributed by atoms with E-state index in [1.807, 2.05) is 43.3 Å². The molecule has 1 aromatic carbocycles. The minimum Gasteiger partial charge on any atom is -0.497 e. The highest BCUT2D eigenvalue weighted by Gasteiger charge is 2.09. The van der Waals surface area contributed by atoms with E-state index in [9.17, 15) is 4.79 Å².